The second-order valence-electron chi connectivity index (χ2n) is 6.79. The third kappa shape index (κ3) is 5.00. The molecular weight excluding hydrogens is 328 g/mol. The van der Waals surface area contributed by atoms with Crippen LogP contribution in [0.1, 0.15) is 26.1 Å². The highest BCUT2D eigenvalue weighted by Gasteiger charge is 2.32. The highest BCUT2D eigenvalue weighted by atomic mass is 15.6. The number of hydrazine groups is 1. The van der Waals surface area contributed by atoms with Crippen LogP contribution in [0.5, 0.6) is 0 Å². The van der Waals surface area contributed by atoms with Crippen LogP contribution in [0.15, 0.2) is 29.1 Å². The van der Waals surface area contributed by atoms with Gasteiger partial charge in [0.2, 0.25) is 0 Å². The van der Waals surface area contributed by atoms with Crippen LogP contribution in [0, 0.1) is 0 Å². The fraction of sp³-hybridized carbons (Fsp3) is 0.611. The number of nitrogens with zero attached hydrogens (tertiary/aromatic N) is 6. The monoisotopic (exact) mass is 360 g/mol. The standard InChI is InChI=1S/C18H32N8/c1-7-9-21-18-23-14(2)15(25(5)6)16(17-19-10-8-11-20-17)26(18)22-12-13-24(3)4/h8,10-11,18,21-22H,7,9,12-13H2,1-6H3. The molecule has 1 aliphatic heterocycles. The fourth-order valence-electron chi connectivity index (χ4n) is 2.85. The normalized spacial score (nSPS) is 17.7. The number of rotatable bonds is 9. The van der Waals surface area contributed by atoms with Crippen molar-refractivity contribution in [2.45, 2.75) is 26.6 Å². The first-order valence-electron chi connectivity index (χ1n) is 9.10. The van der Waals surface area contributed by atoms with Gasteiger partial charge in [0, 0.05) is 39.6 Å². The third-order valence-electron chi connectivity index (χ3n) is 4.01. The van der Waals surface area contributed by atoms with E-state index >= 15 is 0 Å². The average molecular weight is 361 g/mol. The minimum atomic E-state index is -0.195. The van der Waals surface area contributed by atoms with Gasteiger partial charge in [-0.15, -0.1) is 0 Å². The van der Waals surface area contributed by atoms with Crippen molar-refractivity contribution < 1.29 is 0 Å². The quantitative estimate of drug-likeness (QED) is 0.676. The summed E-state index contributed by atoms with van der Waals surface area (Å²) < 4.78 is 0. The van der Waals surface area contributed by atoms with E-state index < -0.39 is 0 Å². The maximum Gasteiger partial charge on any atom is 0.190 e. The van der Waals surface area contributed by atoms with E-state index in [9.17, 15) is 0 Å². The van der Waals surface area contributed by atoms with Gasteiger partial charge in [0.05, 0.1) is 11.4 Å². The Morgan fingerprint density at radius 2 is 1.81 bits per heavy atom. The Bertz CT molecular complexity index is 623. The van der Waals surface area contributed by atoms with Crippen LogP contribution >= 0.6 is 0 Å². The molecule has 0 aromatic carbocycles. The van der Waals surface area contributed by atoms with Crippen LogP contribution in [-0.4, -0.2) is 84.6 Å². The van der Waals surface area contributed by atoms with Gasteiger partial charge in [-0.05, 0) is 40.1 Å². The predicted octanol–water partition coefficient (Wildman–Crippen LogP) is 0.833. The van der Waals surface area contributed by atoms with Crippen molar-refractivity contribution in [1.82, 2.24) is 35.5 Å². The van der Waals surface area contributed by atoms with E-state index in [4.69, 9.17) is 4.99 Å². The molecule has 1 aromatic rings. The lowest BCUT2D eigenvalue weighted by Crippen LogP contribution is -2.55. The van der Waals surface area contributed by atoms with Gasteiger partial charge in [-0.25, -0.2) is 20.4 Å². The number of hydrogen-bond donors (Lipinski definition) is 2. The summed E-state index contributed by atoms with van der Waals surface area (Å²) in [6.45, 7) is 6.78. The molecule has 1 unspecified atom stereocenters. The number of likely N-dealkylation sites (N-methyl/N-ethyl adjacent to an activating group) is 1. The van der Waals surface area contributed by atoms with E-state index in [0.717, 1.165) is 43.2 Å². The Labute approximate surface area is 157 Å². The molecule has 0 spiro atoms. The summed E-state index contributed by atoms with van der Waals surface area (Å²) in [5.74, 6) is 0.686. The van der Waals surface area contributed by atoms with Crippen LogP contribution < -0.4 is 10.7 Å². The van der Waals surface area contributed by atoms with Crippen LogP contribution in [0.3, 0.4) is 0 Å². The lowest BCUT2D eigenvalue weighted by Gasteiger charge is -2.39. The molecule has 0 amide bonds. The molecule has 2 N–H and O–H groups in total. The van der Waals surface area contributed by atoms with E-state index in [1.165, 1.54) is 0 Å². The summed E-state index contributed by atoms with van der Waals surface area (Å²) in [7, 11) is 8.18. The molecule has 8 heteroatoms. The molecule has 144 valence electrons. The number of nitrogens with one attached hydrogen (secondary N) is 2. The molecule has 2 heterocycles. The Kier molecular flexibility index (Phi) is 7.50. The van der Waals surface area contributed by atoms with Gasteiger partial charge in [-0.1, -0.05) is 6.92 Å². The van der Waals surface area contributed by atoms with E-state index in [0.29, 0.717) is 5.82 Å². The number of hydrogen-bond acceptors (Lipinski definition) is 8. The first-order chi connectivity index (χ1) is 12.5. The Morgan fingerprint density at radius 1 is 1.12 bits per heavy atom. The molecule has 0 saturated carbocycles. The van der Waals surface area contributed by atoms with Gasteiger partial charge in [0.1, 0.15) is 5.70 Å². The molecule has 26 heavy (non-hydrogen) atoms. The minimum Gasteiger partial charge on any atom is -0.374 e. The van der Waals surface area contributed by atoms with Gasteiger partial charge in [0.25, 0.3) is 0 Å². The summed E-state index contributed by atoms with van der Waals surface area (Å²) in [6, 6.07) is 1.83. The van der Waals surface area contributed by atoms with Crippen molar-refractivity contribution in [3.05, 3.63) is 30.0 Å². The first-order valence-corrected chi connectivity index (χ1v) is 9.10. The van der Waals surface area contributed by atoms with Gasteiger partial charge in [-0.2, -0.15) is 0 Å². The lowest BCUT2D eigenvalue weighted by molar-refractivity contribution is 0.170. The van der Waals surface area contributed by atoms with Gasteiger partial charge in [-0.3, -0.25) is 10.3 Å². The molecule has 1 atom stereocenters. The van der Waals surface area contributed by atoms with E-state index in [-0.39, 0.29) is 6.29 Å². The van der Waals surface area contributed by atoms with Crippen molar-refractivity contribution in [3.8, 4) is 0 Å². The molecule has 0 fully saturated rings. The molecular formula is C18H32N8. The second-order valence-corrected chi connectivity index (χ2v) is 6.79. The van der Waals surface area contributed by atoms with Crippen molar-refractivity contribution >= 4 is 11.4 Å². The second kappa shape index (κ2) is 9.61. The maximum absolute atomic E-state index is 4.88. The number of aliphatic imine (C=N–C) groups is 1. The molecule has 1 aliphatic rings. The topological polar surface area (TPSA) is 71.9 Å². The number of aromatic nitrogens is 2. The van der Waals surface area contributed by atoms with Crippen LogP contribution in [0.25, 0.3) is 5.70 Å². The summed E-state index contributed by atoms with van der Waals surface area (Å²) >= 11 is 0. The van der Waals surface area contributed by atoms with Gasteiger partial charge < -0.3 is 9.80 Å². The molecule has 0 aliphatic carbocycles. The Hall–Kier alpha value is -2.03. The first kappa shape index (κ1) is 20.3. The number of allylic oxidation sites excluding steroid dienone is 1. The van der Waals surface area contributed by atoms with Crippen molar-refractivity contribution in [2.75, 3.05) is 47.8 Å². The summed E-state index contributed by atoms with van der Waals surface area (Å²) in [5.41, 5.74) is 6.45. The maximum atomic E-state index is 4.88. The highest BCUT2D eigenvalue weighted by molar-refractivity contribution is 6.04. The average Bonchev–Trinajstić information content (AvgIpc) is 2.60. The molecule has 0 saturated heterocycles. The third-order valence-corrected chi connectivity index (χ3v) is 4.01. The Morgan fingerprint density at radius 3 is 2.38 bits per heavy atom. The largest absolute Gasteiger partial charge is 0.374 e. The van der Waals surface area contributed by atoms with E-state index in [1.54, 1.807) is 12.4 Å². The van der Waals surface area contributed by atoms with Crippen LogP contribution in [-0.2, 0) is 0 Å². The smallest absolute Gasteiger partial charge is 0.190 e. The fourth-order valence-corrected chi connectivity index (χ4v) is 2.85. The zero-order chi connectivity index (χ0) is 19.1. The van der Waals surface area contributed by atoms with Crippen molar-refractivity contribution in [2.24, 2.45) is 4.99 Å². The molecule has 1 aromatic heterocycles. The van der Waals surface area contributed by atoms with E-state index in [1.807, 2.05) is 27.1 Å². The lowest BCUT2D eigenvalue weighted by atomic mass is 10.1. The Balaban J connectivity index is 2.45. The molecule has 2 rings (SSSR count). The van der Waals surface area contributed by atoms with Crippen LogP contribution in [0.4, 0.5) is 0 Å². The van der Waals surface area contributed by atoms with Crippen molar-refractivity contribution in [3.63, 3.8) is 0 Å². The zero-order valence-corrected chi connectivity index (χ0v) is 16.8. The molecule has 8 nitrogen and oxygen atoms in total. The zero-order valence-electron chi connectivity index (χ0n) is 16.8. The minimum absolute atomic E-state index is 0.195. The summed E-state index contributed by atoms with van der Waals surface area (Å²) in [6.07, 6.45) is 4.39. The molecule has 0 radical (unpaired) electrons. The van der Waals surface area contributed by atoms with Gasteiger partial charge in [0.15, 0.2) is 12.1 Å². The highest BCUT2D eigenvalue weighted by Crippen LogP contribution is 2.27. The summed E-state index contributed by atoms with van der Waals surface area (Å²) in [4.78, 5) is 18.1. The SMILES string of the molecule is CCCNC1N=C(C)C(N(C)C)=C(c2ncccn2)N1NCCN(C)C. The van der Waals surface area contributed by atoms with Gasteiger partial charge >= 0.3 is 0 Å². The van der Waals surface area contributed by atoms with E-state index in [2.05, 4.69) is 56.5 Å². The molecule has 0 bridgehead atoms. The van der Waals surface area contributed by atoms with Crippen molar-refractivity contribution in [1.29, 1.82) is 0 Å². The summed E-state index contributed by atoms with van der Waals surface area (Å²) in [5, 5.41) is 5.57. The predicted molar refractivity (Wildman–Crippen MR) is 106 cm³/mol. The van der Waals surface area contributed by atoms with Crippen LogP contribution in [0.2, 0.25) is 0 Å².